The van der Waals surface area contributed by atoms with Gasteiger partial charge in [0.15, 0.2) is 0 Å². The second-order valence-electron chi connectivity index (χ2n) is 1.65. The van der Waals surface area contributed by atoms with Gasteiger partial charge in [-0.25, -0.2) is 0 Å². The fraction of sp³-hybridized carbons (Fsp3) is 0.500. The molecular formula is C8H12O. The summed E-state index contributed by atoms with van der Waals surface area (Å²) in [7, 11) is 0. The van der Waals surface area contributed by atoms with Gasteiger partial charge in [-0.05, 0) is 18.4 Å². The topological polar surface area (TPSA) is 9.23 Å². The van der Waals surface area contributed by atoms with Crippen molar-refractivity contribution in [3.8, 4) is 12.0 Å². The molecule has 0 aromatic carbocycles. The van der Waals surface area contributed by atoms with Crippen LogP contribution in [0.5, 0.6) is 0 Å². The van der Waals surface area contributed by atoms with Crippen LogP contribution in [0.25, 0.3) is 0 Å². The Bertz CT molecular complexity index is 116. The van der Waals surface area contributed by atoms with Gasteiger partial charge in [-0.2, -0.15) is 0 Å². The zero-order valence-electron chi connectivity index (χ0n) is 5.81. The molecule has 0 fully saturated rings. The lowest BCUT2D eigenvalue weighted by Gasteiger charge is -1.91. The Morgan fingerprint density at radius 3 is 3.00 bits per heavy atom. The van der Waals surface area contributed by atoms with Crippen LogP contribution in [0.1, 0.15) is 19.8 Å². The van der Waals surface area contributed by atoms with Crippen molar-refractivity contribution in [1.29, 1.82) is 0 Å². The summed E-state index contributed by atoms with van der Waals surface area (Å²) in [6, 6.07) is 0. The summed E-state index contributed by atoms with van der Waals surface area (Å²) in [5, 5.41) is 0. The molecular weight excluding hydrogens is 112 g/mol. The Hall–Kier alpha value is -0.900. The van der Waals surface area contributed by atoms with Crippen molar-refractivity contribution in [2.24, 2.45) is 0 Å². The summed E-state index contributed by atoms with van der Waals surface area (Å²) in [6.45, 7) is 6.27. The van der Waals surface area contributed by atoms with E-state index in [1.165, 1.54) is 6.08 Å². The Morgan fingerprint density at radius 2 is 2.44 bits per heavy atom. The van der Waals surface area contributed by atoms with E-state index < -0.39 is 0 Å². The van der Waals surface area contributed by atoms with Gasteiger partial charge >= 0.3 is 0 Å². The van der Waals surface area contributed by atoms with Crippen molar-refractivity contribution < 1.29 is 4.74 Å². The molecule has 0 radical (unpaired) electrons. The molecule has 0 aliphatic carbocycles. The first-order chi connectivity index (χ1) is 4.41. The molecule has 0 spiro atoms. The van der Waals surface area contributed by atoms with E-state index in [9.17, 15) is 0 Å². The summed E-state index contributed by atoms with van der Waals surface area (Å²) >= 11 is 0. The second-order valence-corrected chi connectivity index (χ2v) is 1.65. The average molecular weight is 124 g/mol. The van der Waals surface area contributed by atoms with E-state index in [2.05, 4.69) is 25.5 Å². The van der Waals surface area contributed by atoms with Gasteiger partial charge in [-0.3, -0.25) is 0 Å². The van der Waals surface area contributed by atoms with Crippen molar-refractivity contribution in [2.45, 2.75) is 19.8 Å². The minimum absolute atomic E-state index is 0.733. The second kappa shape index (κ2) is 7.10. The van der Waals surface area contributed by atoms with E-state index in [4.69, 9.17) is 4.74 Å². The van der Waals surface area contributed by atoms with Crippen molar-refractivity contribution >= 4 is 0 Å². The molecule has 1 nitrogen and oxygen atoms in total. The number of unbranched alkanes of at least 4 members (excludes halogenated alkanes) is 1. The van der Waals surface area contributed by atoms with Crippen LogP contribution in [0.2, 0.25) is 0 Å². The van der Waals surface area contributed by atoms with Gasteiger partial charge in [0.1, 0.15) is 12.7 Å². The number of ether oxygens (including phenoxy) is 1. The van der Waals surface area contributed by atoms with Crippen molar-refractivity contribution in [2.75, 3.05) is 6.61 Å². The monoisotopic (exact) mass is 124 g/mol. The minimum Gasteiger partial charge on any atom is -0.446 e. The van der Waals surface area contributed by atoms with Crippen molar-refractivity contribution in [3.05, 3.63) is 12.7 Å². The van der Waals surface area contributed by atoms with Gasteiger partial charge in [-0.15, -0.1) is 0 Å². The molecule has 0 aliphatic heterocycles. The number of hydrogen-bond donors (Lipinski definition) is 0. The van der Waals surface area contributed by atoms with Gasteiger partial charge in [-0.1, -0.05) is 19.9 Å². The molecule has 0 unspecified atom stereocenters. The highest BCUT2D eigenvalue weighted by atomic mass is 16.5. The molecule has 0 atom stereocenters. The number of hydrogen-bond acceptors (Lipinski definition) is 1. The summed E-state index contributed by atoms with van der Waals surface area (Å²) in [5.74, 6) is 2.60. The Balaban J connectivity index is 2.99. The quantitative estimate of drug-likeness (QED) is 0.412. The van der Waals surface area contributed by atoms with Crippen LogP contribution in [-0.2, 0) is 4.74 Å². The molecule has 0 saturated carbocycles. The van der Waals surface area contributed by atoms with Gasteiger partial charge in [0, 0.05) is 0 Å². The molecule has 1 heteroatoms. The number of allylic oxidation sites excluding steroid dienone is 1. The van der Waals surface area contributed by atoms with E-state index >= 15 is 0 Å². The zero-order valence-corrected chi connectivity index (χ0v) is 5.81. The summed E-state index contributed by atoms with van der Waals surface area (Å²) in [5.41, 5.74) is 0. The Kier molecular flexibility index (Phi) is 6.39. The van der Waals surface area contributed by atoms with Crippen LogP contribution in [-0.4, -0.2) is 6.61 Å². The minimum atomic E-state index is 0.733. The molecule has 9 heavy (non-hydrogen) atoms. The predicted octanol–water partition coefficient (Wildman–Crippen LogP) is 1.95. The fourth-order valence-corrected chi connectivity index (χ4v) is 0.351. The molecule has 0 amide bonds. The van der Waals surface area contributed by atoms with Crippen LogP contribution in [0, 0.1) is 12.0 Å². The maximum absolute atomic E-state index is 4.88. The highest BCUT2D eigenvalue weighted by molar-refractivity contribution is 5.07. The van der Waals surface area contributed by atoms with Crippen LogP contribution in [0.15, 0.2) is 12.7 Å². The molecule has 0 aromatic rings. The highest BCUT2D eigenvalue weighted by Crippen LogP contribution is 1.85. The zero-order chi connectivity index (χ0) is 6.95. The molecule has 0 N–H and O–H groups in total. The molecule has 0 bridgehead atoms. The third-order valence-electron chi connectivity index (χ3n) is 0.833. The third kappa shape index (κ3) is 7.10. The van der Waals surface area contributed by atoms with Gasteiger partial charge < -0.3 is 4.74 Å². The number of rotatable bonds is 3. The molecule has 0 saturated heterocycles. The SMILES string of the molecule is C=CC#COCCCC. The largest absolute Gasteiger partial charge is 0.446 e. The van der Waals surface area contributed by atoms with Crippen LogP contribution in [0.4, 0.5) is 0 Å². The summed E-state index contributed by atoms with van der Waals surface area (Å²) < 4.78 is 4.88. The first-order valence-corrected chi connectivity index (χ1v) is 3.15. The van der Waals surface area contributed by atoms with E-state index in [0.29, 0.717) is 0 Å². The van der Waals surface area contributed by atoms with Crippen LogP contribution >= 0.6 is 0 Å². The van der Waals surface area contributed by atoms with Gasteiger partial charge in [0.2, 0.25) is 0 Å². The standard InChI is InChI=1S/C8H12O/c1-3-5-7-9-8-6-4-2/h3H,1,4,6,8H2,2H3. The van der Waals surface area contributed by atoms with Crippen LogP contribution < -0.4 is 0 Å². The fourth-order valence-electron chi connectivity index (χ4n) is 0.351. The molecule has 0 aromatic heterocycles. The predicted molar refractivity (Wildman–Crippen MR) is 38.8 cm³/mol. The average Bonchev–Trinajstić information content (AvgIpc) is 1.89. The maximum atomic E-state index is 4.88. The summed E-state index contributed by atoms with van der Waals surface area (Å²) in [4.78, 5) is 0. The first kappa shape index (κ1) is 8.10. The lowest BCUT2D eigenvalue weighted by atomic mass is 10.4. The third-order valence-corrected chi connectivity index (χ3v) is 0.833. The maximum Gasteiger partial charge on any atom is 0.114 e. The molecule has 0 aliphatic rings. The van der Waals surface area contributed by atoms with Gasteiger partial charge in [0.25, 0.3) is 0 Å². The molecule has 50 valence electrons. The first-order valence-electron chi connectivity index (χ1n) is 3.15. The lowest BCUT2D eigenvalue weighted by molar-refractivity contribution is 0.271. The van der Waals surface area contributed by atoms with E-state index in [1.807, 2.05) is 0 Å². The molecule has 0 rings (SSSR count). The normalized spacial score (nSPS) is 7.22. The van der Waals surface area contributed by atoms with Crippen LogP contribution in [0.3, 0.4) is 0 Å². The molecule has 0 heterocycles. The van der Waals surface area contributed by atoms with E-state index in [-0.39, 0.29) is 0 Å². The van der Waals surface area contributed by atoms with E-state index in [0.717, 1.165) is 19.4 Å². The smallest absolute Gasteiger partial charge is 0.114 e. The van der Waals surface area contributed by atoms with Crippen molar-refractivity contribution in [1.82, 2.24) is 0 Å². The van der Waals surface area contributed by atoms with Crippen molar-refractivity contribution in [3.63, 3.8) is 0 Å². The lowest BCUT2D eigenvalue weighted by Crippen LogP contribution is -1.84. The Labute approximate surface area is 56.7 Å². The van der Waals surface area contributed by atoms with Gasteiger partial charge in [0.05, 0.1) is 0 Å². The highest BCUT2D eigenvalue weighted by Gasteiger charge is 1.77. The van der Waals surface area contributed by atoms with E-state index in [1.54, 1.807) is 0 Å². The Morgan fingerprint density at radius 1 is 1.67 bits per heavy atom. The summed E-state index contributed by atoms with van der Waals surface area (Å²) in [6.07, 6.45) is 6.25.